The maximum absolute atomic E-state index is 9.76. The van der Waals surface area contributed by atoms with Crippen LogP contribution < -0.4 is 10.5 Å². The number of hydrogen-bond acceptors (Lipinski definition) is 4. The summed E-state index contributed by atoms with van der Waals surface area (Å²) >= 11 is -2.30. The second-order valence-corrected chi connectivity index (χ2v) is 2.23. The van der Waals surface area contributed by atoms with Crippen molar-refractivity contribution in [2.24, 2.45) is 5.73 Å². The molecular formula is C3H9N2O3S-. The van der Waals surface area contributed by atoms with E-state index < -0.39 is 17.4 Å². The topological polar surface area (TPSA) is 98.4 Å². The highest BCUT2D eigenvalue weighted by atomic mass is 32.2. The largest absolute Gasteiger partial charge is 0.760 e. The Morgan fingerprint density at radius 1 is 1.89 bits per heavy atom. The molecule has 0 saturated carbocycles. The molecular weight excluding hydrogens is 144 g/mol. The van der Waals surface area contributed by atoms with E-state index in [-0.39, 0.29) is 13.1 Å². The molecule has 9 heavy (non-hydrogen) atoms. The van der Waals surface area contributed by atoms with Gasteiger partial charge in [-0.05, 0) is 0 Å². The molecule has 2 unspecified atom stereocenters. The number of rotatable bonds is 4. The van der Waals surface area contributed by atoms with Gasteiger partial charge in [-0.25, -0.2) is 4.72 Å². The highest BCUT2D eigenvalue weighted by Gasteiger charge is 1.97. The van der Waals surface area contributed by atoms with Crippen LogP contribution in [0, 0.1) is 0 Å². The quantitative estimate of drug-likeness (QED) is 0.395. The molecule has 0 aromatic rings. The van der Waals surface area contributed by atoms with Crippen molar-refractivity contribution < 1.29 is 13.9 Å². The Morgan fingerprint density at radius 3 is 2.78 bits per heavy atom. The van der Waals surface area contributed by atoms with E-state index in [0.29, 0.717) is 0 Å². The molecule has 0 aromatic carbocycles. The van der Waals surface area contributed by atoms with Gasteiger partial charge in [0.25, 0.3) is 0 Å². The Kier molecular flexibility index (Phi) is 4.83. The SMILES string of the molecule is NCC(O)CNS(=O)[O-]. The minimum atomic E-state index is -2.30. The van der Waals surface area contributed by atoms with Gasteiger partial charge in [0.15, 0.2) is 0 Å². The van der Waals surface area contributed by atoms with Crippen molar-refractivity contribution in [3.05, 3.63) is 0 Å². The molecule has 0 fully saturated rings. The minimum Gasteiger partial charge on any atom is -0.760 e. The second-order valence-electron chi connectivity index (χ2n) is 1.47. The standard InChI is InChI=1S/C3H10N2O3S/c4-1-3(6)2-5-9(7)8/h3,5-6H,1-2,4H2,(H,7,8)/p-1. The maximum atomic E-state index is 9.76. The smallest absolute Gasteiger partial charge is 0.0796 e. The van der Waals surface area contributed by atoms with E-state index in [1.54, 1.807) is 0 Å². The number of hydrogen-bond donors (Lipinski definition) is 3. The van der Waals surface area contributed by atoms with Crippen molar-refractivity contribution in [2.75, 3.05) is 13.1 Å². The molecule has 0 aliphatic rings. The van der Waals surface area contributed by atoms with Crippen LogP contribution >= 0.6 is 0 Å². The molecule has 0 aliphatic heterocycles. The van der Waals surface area contributed by atoms with E-state index in [1.807, 2.05) is 4.72 Å². The van der Waals surface area contributed by atoms with Crippen LogP contribution in [0.25, 0.3) is 0 Å². The summed E-state index contributed by atoms with van der Waals surface area (Å²) < 4.78 is 21.5. The van der Waals surface area contributed by atoms with Gasteiger partial charge in [-0.1, -0.05) is 0 Å². The first-order chi connectivity index (χ1) is 4.16. The van der Waals surface area contributed by atoms with Gasteiger partial charge < -0.3 is 15.4 Å². The van der Waals surface area contributed by atoms with Crippen LogP contribution in [-0.4, -0.2) is 33.1 Å². The number of aliphatic hydroxyl groups excluding tert-OH is 1. The predicted molar refractivity (Wildman–Crippen MR) is 32.0 cm³/mol. The molecule has 2 atom stereocenters. The molecule has 0 saturated heterocycles. The summed E-state index contributed by atoms with van der Waals surface area (Å²) in [5, 5.41) is 8.65. The van der Waals surface area contributed by atoms with Gasteiger partial charge in [-0.2, -0.15) is 0 Å². The molecule has 56 valence electrons. The lowest BCUT2D eigenvalue weighted by Crippen LogP contribution is -2.33. The minimum absolute atomic E-state index is 0.0212. The molecule has 0 radical (unpaired) electrons. The first-order valence-corrected chi connectivity index (χ1v) is 3.45. The first kappa shape index (κ1) is 8.99. The molecule has 0 heterocycles. The molecule has 4 N–H and O–H groups in total. The fraction of sp³-hybridized carbons (Fsp3) is 1.00. The van der Waals surface area contributed by atoms with Crippen molar-refractivity contribution in [1.29, 1.82) is 0 Å². The zero-order valence-corrected chi connectivity index (χ0v) is 5.56. The monoisotopic (exact) mass is 153 g/mol. The molecule has 6 heteroatoms. The molecule has 0 rings (SSSR count). The molecule has 0 aliphatic carbocycles. The van der Waals surface area contributed by atoms with Crippen LogP contribution in [0.1, 0.15) is 0 Å². The number of nitrogens with one attached hydrogen (secondary N) is 1. The summed E-state index contributed by atoms with van der Waals surface area (Å²) in [6.45, 7) is 0.0385. The van der Waals surface area contributed by atoms with Crippen molar-refractivity contribution in [3.63, 3.8) is 0 Å². The summed E-state index contributed by atoms with van der Waals surface area (Å²) in [6.07, 6.45) is -0.789. The lowest BCUT2D eigenvalue weighted by Gasteiger charge is -2.09. The third kappa shape index (κ3) is 5.87. The summed E-state index contributed by atoms with van der Waals surface area (Å²) in [5.74, 6) is 0. The Hall–Kier alpha value is -0.0100. The summed E-state index contributed by atoms with van der Waals surface area (Å²) in [7, 11) is 0. The molecule has 0 aromatic heterocycles. The van der Waals surface area contributed by atoms with Crippen LogP contribution in [-0.2, 0) is 11.3 Å². The number of aliphatic hydroxyl groups is 1. The fourth-order valence-electron chi connectivity index (χ4n) is 0.248. The Bertz CT molecular complexity index is 99.1. The van der Waals surface area contributed by atoms with Crippen LogP contribution in [0.2, 0.25) is 0 Å². The highest BCUT2D eigenvalue weighted by Crippen LogP contribution is 1.74. The summed E-state index contributed by atoms with van der Waals surface area (Å²) in [6, 6.07) is 0. The van der Waals surface area contributed by atoms with E-state index in [4.69, 9.17) is 10.8 Å². The zero-order valence-electron chi connectivity index (χ0n) is 4.74. The molecule has 5 nitrogen and oxygen atoms in total. The van der Waals surface area contributed by atoms with Gasteiger partial charge >= 0.3 is 0 Å². The maximum Gasteiger partial charge on any atom is 0.0796 e. The van der Waals surface area contributed by atoms with Crippen molar-refractivity contribution in [2.45, 2.75) is 6.10 Å². The van der Waals surface area contributed by atoms with E-state index in [0.717, 1.165) is 0 Å². The van der Waals surface area contributed by atoms with Crippen LogP contribution in [0.5, 0.6) is 0 Å². The fourth-order valence-corrected chi connectivity index (χ4v) is 0.576. The van der Waals surface area contributed by atoms with Crippen LogP contribution in [0.15, 0.2) is 0 Å². The van der Waals surface area contributed by atoms with Crippen LogP contribution in [0.3, 0.4) is 0 Å². The van der Waals surface area contributed by atoms with Crippen molar-refractivity contribution in [1.82, 2.24) is 4.72 Å². The van der Waals surface area contributed by atoms with Crippen molar-refractivity contribution >= 4 is 11.3 Å². The average molecular weight is 153 g/mol. The zero-order chi connectivity index (χ0) is 7.28. The average Bonchev–Trinajstić information content (AvgIpc) is 1.83. The Labute approximate surface area is 55.7 Å². The summed E-state index contributed by atoms with van der Waals surface area (Å²) in [4.78, 5) is 0. The molecule has 0 amide bonds. The van der Waals surface area contributed by atoms with Gasteiger partial charge in [-0.3, -0.25) is 4.21 Å². The Morgan fingerprint density at radius 2 is 2.44 bits per heavy atom. The third-order valence-electron chi connectivity index (χ3n) is 0.709. The van der Waals surface area contributed by atoms with Crippen molar-refractivity contribution in [3.8, 4) is 0 Å². The van der Waals surface area contributed by atoms with Gasteiger partial charge in [0.2, 0.25) is 0 Å². The van der Waals surface area contributed by atoms with E-state index in [1.165, 1.54) is 0 Å². The van der Waals surface area contributed by atoms with Gasteiger partial charge in [0.1, 0.15) is 0 Å². The van der Waals surface area contributed by atoms with E-state index >= 15 is 0 Å². The third-order valence-corrected chi connectivity index (χ3v) is 1.11. The van der Waals surface area contributed by atoms with Crippen LogP contribution in [0.4, 0.5) is 0 Å². The predicted octanol–water partition coefficient (Wildman–Crippen LogP) is -2.31. The normalized spacial score (nSPS) is 17.2. The lowest BCUT2D eigenvalue weighted by atomic mass is 10.4. The van der Waals surface area contributed by atoms with E-state index in [9.17, 15) is 8.76 Å². The first-order valence-electron chi connectivity index (χ1n) is 2.37. The lowest BCUT2D eigenvalue weighted by molar-refractivity contribution is 0.186. The second kappa shape index (κ2) is 4.83. The van der Waals surface area contributed by atoms with Gasteiger partial charge in [0, 0.05) is 24.4 Å². The summed E-state index contributed by atoms with van der Waals surface area (Å²) in [5.41, 5.74) is 4.97. The van der Waals surface area contributed by atoms with Gasteiger partial charge in [0.05, 0.1) is 6.10 Å². The highest BCUT2D eigenvalue weighted by molar-refractivity contribution is 7.77. The van der Waals surface area contributed by atoms with Gasteiger partial charge in [-0.15, -0.1) is 0 Å². The van der Waals surface area contributed by atoms with E-state index in [2.05, 4.69) is 0 Å². The Balaban J connectivity index is 3.16. The number of nitrogens with two attached hydrogens (primary N) is 1. The molecule has 0 spiro atoms. The molecule has 0 bridgehead atoms.